The van der Waals surface area contributed by atoms with Crippen LogP contribution in [0.4, 0.5) is 0 Å². The molecule has 1 aliphatic heterocycles. The molecule has 2 aromatic carbocycles. The van der Waals surface area contributed by atoms with Crippen LogP contribution in [0.2, 0.25) is 0 Å². The molecule has 2 amide bonds. The van der Waals surface area contributed by atoms with Crippen LogP contribution in [-0.2, 0) is 22.6 Å². The van der Waals surface area contributed by atoms with Gasteiger partial charge < -0.3 is 15.0 Å². The van der Waals surface area contributed by atoms with Crippen LogP contribution in [-0.4, -0.2) is 57.0 Å². The third kappa shape index (κ3) is 4.83. The molecule has 0 saturated carbocycles. The highest BCUT2D eigenvalue weighted by molar-refractivity contribution is 5.94. The van der Waals surface area contributed by atoms with E-state index in [0.717, 1.165) is 10.2 Å². The molecule has 1 saturated heterocycles. The molecule has 0 radical (unpaired) electrons. The topological polar surface area (TPSA) is 106 Å². The summed E-state index contributed by atoms with van der Waals surface area (Å²) < 4.78 is 6.73. The standard InChI is InChI=1S/C23H25N5O4/c1-15-12-27(13-16(2)32-15)22(30)18-9-7-17(8-10-18)11-24-21(29)14-28-23(31)19-5-3-4-6-20(19)25-26-28/h3-10,15-16H,11-14H2,1-2H3,(H,24,29). The Hall–Kier alpha value is -3.59. The number of amides is 2. The van der Waals surface area contributed by atoms with E-state index in [-0.39, 0.29) is 42.7 Å². The van der Waals surface area contributed by atoms with Crippen molar-refractivity contribution in [3.05, 3.63) is 70.0 Å². The highest BCUT2D eigenvalue weighted by atomic mass is 16.5. The van der Waals surface area contributed by atoms with Crippen molar-refractivity contribution in [2.45, 2.75) is 39.1 Å². The first-order valence-electron chi connectivity index (χ1n) is 10.5. The molecule has 2 unspecified atom stereocenters. The molecule has 9 heteroatoms. The lowest BCUT2D eigenvalue weighted by Gasteiger charge is -2.35. The second-order valence-corrected chi connectivity index (χ2v) is 8.01. The highest BCUT2D eigenvalue weighted by Gasteiger charge is 2.26. The Bertz CT molecular complexity index is 1180. The zero-order chi connectivity index (χ0) is 22.7. The van der Waals surface area contributed by atoms with Crippen LogP contribution in [0, 0.1) is 0 Å². The van der Waals surface area contributed by atoms with Crippen molar-refractivity contribution in [1.29, 1.82) is 0 Å². The molecular weight excluding hydrogens is 410 g/mol. The molecule has 1 N–H and O–H groups in total. The Morgan fingerprint density at radius 2 is 1.75 bits per heavy atom. The molecule has 32 heavy (non-hydrogen) atoms. The van der Waals surface area contributed by atoms with E-state index < -0.39 is 0 Å². The molecule has 1 fully saturated rings. The minimum absolute atomic E-state index is 0.0111. The number of ether oxygens (including phenoxy) is 1. The summed E-state index contributed by atoms with van der Waals surface area (Å²) in [4.78, 5) is 39.3. The summed E-state index contributed by atoms with van der Waals surface area (Å²) in [5, 5.41) is 11.0. The number of morpholine rings is 1. The summed E-state index contributed by atoms with van der Waals surface area (Å²) >= 11 is 0. The molecule has 0 aliphatic carbocycles. The monoisotopic (exact) mass is 435 g/mol. The maximum Gasteiger partial charge on any atom is 0.278 e. The quantitative estimate of drug-likeness (QED) is 0.649. The molecule has 3 aromatic rings. The van der Waals surface area contributed by atoms with Gasteiger partial charge in [-0.15, -0.1) is 5.10 Å². The lowest BCUT2D eigenvalue weighted by Crippen LogP contribution is -2.48. The number of rotatable bonds is 5. The van der Waals surface area contributed by atoms with Gasteiger partial charge in [0.2, 0.25) is 5.91 Å². The van der Waals surface area contributed by atoms with Crippen LogP contribution in [0.5, 0.6) is 0 Å². The van der Waals surface area contributed by atoms with Gasteiger partial charge in [-0.3, -0.25) is 14.4 Å². The maximum absolute atomic E-state index is 12.8. The summed E-state index contributed by atoms with van der Waals surface area (Å²) in [6.07, 6.45) is 0.0222. The Kier molecular flexibility index (Phi) is 6.27. The number of fused-ring (bicyclic) bond motifs is 1. The van der Waals surface area contributed by atoms with Gasteiger partial charge in [0.1, 0.15) is 12.1 Å². The van der Waals surface area contributed by atoms with Crippen molar-refractivity contribution >= 4 is 22.7 Å². The average Bonchev–Trinajstić information content (AvgIpc) is 2.79. The summed E-state index contributed by atoms with van der Waals surface area (Å²) in [6.45, 7) is 5.10. The number of benzene rings is 2. The van der Waals surface area contributed by atoms with E-state index in [2.05, 4.69) is 15.6 Å². The predicted octanol–water partition coefficient (Wildman–Crippen LogP) is 1.36. The van der Waals surface area contributed by atoms with Gasteiger partial charge in [-0.2, -0.15) is 0 Å². The number of aromatic nitrogens is 3. The molecule has 2 atom stereocenters. The fourth-order valence-corrected chi connectivity index (χ4v) is 3.81. The van der Waals surface area contributed by atoms with Crippen LogP contribution < -0.4 is 10.9 Å². The normalized spacial score (nSPS) is 18.5. The fraction of sp³-hybridized carbons (Fsp3) is 0.348. The van der Waals surface area contributed by atoms with Crippen molar-refractivity contribution in [2.24, 2.45) is 0 Å². The number of carbonyl (C=O) groups is 2. The number of hydrogen-bond donors (Lipinski definition) is 1. The van der Waals surface area contributed by atoms with Crippen molar-refractivity contribution in [3.8, 4) is 0 Å². The van der Waals surface area contributed by atoms with Crippen molar-refractivity contribution in [3.63, 3.8) is 0 Å². The van der Waals surface area contributed by atoms with Crippen molar-refractivity contribution < 1.29 is 14.3 Å². The SMILES string of the molecule is CC1CN(C(=O)c2ccc(CNC(=O)Cn3nnc4ccccc4c3=O)cc2)CC(C)O1. The van der Waals surface area contributed by atoms with E-state index >= 15 is 0 Å². The minimum Gasteiger partial charge on any atom is -0.372 e. The molecule has 2 heterocycles. The first kappa shape index (κ1) is 21.6. The Balaban J connectivity index is 1.34. The van der Waals surface area contributed by atoms with Crippen molar-refractivity contribution in [2.75, 3.05) is 13.1 Å². The number of carbonyl (C=O) groups excluding carboxylic acids is 2. The van der Waals surface area contributed by atoms with E-state index in [9.17, 15) is 14.4 Å². The largest absolute Gasteiger partial charge is 0.372 e. The molecule has 4 rings (SSSR count). The van der Waals surface area contributed by atoms with Crippen molar-refractivity contribution in [1.82, 2.24) is 25.2 Å². The summed E-state index contributed by atoms with van der Waals surface area (Å²) in [7, 11) is 0. The van der Waals surface area contributed by atoms with E-state index in [1.54, 1.807) is 41.3 Å². The lowest BCUT2D eigenvalue weighted by molar-refractivity contribution is -0.122. The van der Waals surface area contributed by atoms with Gasteiger partial charge in [0.15, 0.2) is 0 Å². The van der Waals surface area contributed by atoms with Gasteiger partial charge in [0.05, 0.1) is 17.6 Å². The zero-order valence-electron chi connectivity index (χ0n) is 18.0. The number of nitrogens with zero attached hydrogens (tertiary/aromatic N) is 4. The lowest BCUT2D eigenvalue weighted by atomic mass is 10.1. The number of nitrogens with one attached hydrogen (secondary N) is 1. The Morgan fingerprint density at radius 1 is 1.06 bits per heavy atom. The van der Waals surface area contributed by atoms with Crippen LogP contribution in [0.25, 0.3) is 10.9 Å². The zero-order valence-corrected chi connectivity index (χ0v) is 18.0. The average molecular weight is 435 g/mol. The molecule has 1 aromatic heterocycles. The van der Waals surface area contributed by atoms with Crippen LogP contribution in [0.15, 0.2) is 53.3 Å². The molecule has 0 bridgehead atoms. The van der Waals surface area contributed by atoms with Crippen LogP contribution >= 0.6 is 0 Å². The minimum atomic E-state index is -0.361. The third-order valence-corrected chi connectivity index (χ3v) is 5.32. The third-order valence-electron chi connectivity index (χ3n) is 5.32. The second-order valence-electron chi connectivity index (χ2n) is 8.01. The molecule has 0 spiro atoms. The first-order valence-corrected chi connectivity index (χ1v) is 10.5. The van der Waals surface area contributed by atoms with E-state index in [1.165, 1.54) is 0 Å². The molecular formula is C23H25N5O4. The molecule has 1 aliphatic rings. The molecule has 9 nitrogen and oxygen atoms in total. The van der Waals surface area contributed by atoms with Crippen LogP contribution in [0.3, 0.4) is 0 Å². The Labute approximate surface area is 185 Å². The first-order chi connectivity index (χ1) is 15.4. The van der Waals surface area contributed by atoms with Gasteiger partial charge in [-0.25, -0.2) is 4.68 Å². The van der Waals surface area contributed by atoms with E-state index in [1.807, 2.05) is 26.0 Å². The smallest absolute Gasteiger partial charge is 0.278 e. The summed E-state index contributed by atoms with van der Waals surface area (Å²) in [5.41, 5.74) is 1.57. The highest BCUT2D eigenvalue weighted by Crippen LogP contribution is 2.15. The summed E-state index contributed by atoms with van der Waals surface area (Å²) in [5.74, 6) is -0.384. The molecule has 166 valence electrons. The van der Waals surface area contributed by atoms with Gasteiger partial charge >= 0.3 is 0 Å². The fourth-order valence-electron chi connectivity index (χ4n) is 3.81. The predicted molar refractivity (Wildman–Crippen MR) is 118 cm³/mol. The summed E-state index contributed by atoms with van der Waals surface area (Å²) in [6, 6.07) is 14.0. The van der Waals surface area contributed by atoms with Crippen LogP contribution in [0.1, 0.15) is 29.8 Å². The van der Waals surface area contributed by atoms with E-state index in [4.69, 9.17) is 4.74 Å². The Morgan fingerprint density at radius 3 is 2.47 bits per heavy atom. The van der Waals surface area contributed by atoms with Gasteiger partial charge in [-0.05, 0) is 43.7 Å². The second kappa shape index (κ2) is 9.27. The van der Waals surface area contributed by atoms with Gasteiger partial charge in [0, 0.05) is 25.2 Å². The maximum atomic E-state index is 12.8. The van der Waals surface area contributed by atoms with Gasteiger partial charge in [-0.1, -0.05) is 29.5 Å². The number of hydrogen-bond acceptors (Lipinski definition) is 6. The van der Waals surface area contributed by atoms with Gasteiger partial charge in [0.25, 0.3) is 11.5 Å². The van der Waals surface area contributed by atoms with E-state index in [0.29, 0.717) is 29.6 Å².